The minimum absolute atomic E-state index is 0.948. The Morgan fingerprint density at radius 3 is 2.50 bits per heavy atom. The van der Waals surface area contributed by atoms with Crippen LogP contribution in [0, 0.1) is 0 Å². The molecule has 1 aromatic heterocycles. The van der Waals surface area contributed by atoms with Crippen molar-refractivity contribution in [2.75, 3.05) is 13.6 Å². The molecular formula is C11H19N3. The fourth-order valence-electron chi connectivity index (χ4n) is 1.59. The van der Waals surface area contributed by atoms with Crippen molar-refractivity contribution in [1.82, 2.24) is 14.9 Å². The molecule has 1 aliphatic heterocycles. The highest BCUT2D eigenvalue weighted by molar-refractivity contribution is 5.11. The van der Waals surface area contributed by atoms with Gasteiger partial charge in [0.1, 0.15) is 0 Å². The highest BCUT2D eigenvalue weighted by Gasteiger charge is 2.12. The van der Waals surface area contributed by atoms with Crippen LogP contribution in [0.2, 0.25) is 0 Å². The smallest absolute Gasteiger partial charge is 0.0758 e. The van der Waals surface area contributed by atoms with E-state index in [0.29, 0.717) is 0 Å². The molecule has 0 N–H and O–H groups in total. The van der Waals surface area contributed by atoms with Gasteiger partial charge in [-0.15, -0.1) is 0 Å². The Morgan fingerprint density at radius 2 is 1.79 bits per heavy atom. The van der Waals surface area contributed by atoms with E-state index in [0.717, 1.165) is 25.2 Å². The molecular weight excluding hydrogens is 174 g/mol. The summed E-state index contributed by atoms with van der Waals surface area (Å²) in [5.41, 5.74) is 2.33. The maximum atomic E-state index is 4.33. The highest BCUT2D eigenvalue weighted by Crippen LogP contribution is 2.11. The molecule has 1 aliphatic rings. The Bertz CT molecular complexity index is 273. The Labute approximate surface area is 86.2 Å². The minimum atomic E-state index is 0.948. The lowest BCUT2D eigenvalue weighted by Crippen LogP contribution is -2.17. The van der Waals surface area contributed by atoms with Gasteiger partial charge in [-0.1, -0.05) is 13.8 Å². The van der Waals surface area contributed by atoms with E-state index in [1.54, 1.807) is 12.4 Å². The van der Waals surface area contributed by atoms with Crippen LogP contribution in [-0.2, 0) is 13.0 Å². The van der Waals surface area contributed by atoms with Crippen LogP contribution in [0.3, 0.4) is 0 Å². The van der Waals surface area contributed by atoms with E-state index < -0.39 is 0 Å². The molecule has 0 radical (unpaired) electrons. The van der Waals surface area contributed by atoms with E-state index in [-0.39, 0.29) is 0 Å². The van der Waals surface area contributed by atoms with Crippen molar-refractivity contribution < 1.29 is 0 Å². The van der Waals surface area contributed by atoms with Crippen LogP contribution in [0.15, 0.2) is 12.4 Å². The molecule has 0 spiro atoms. The first-order chi connectivity index (χ1) is 6.86. The number of rotatable bonds is 0. The molecule has 0 amide bonds. The van der Waals surface area contributed by atoms with Crippen LogP contribution < -0.4 is 0 Å². The molecule has 0 saturated heterocycles. The van der Waals surface area contributed by atoms with Crippen molar-refractivity contribution in [2.45, 2.75) is 33.2 Å². The first-order valence-corrected chi connectivity index (χ1v) is 5.33. The summed E-state index contributed by atoms with van der Waals surface area (Å²) >= 11 is 0. The standard InChI is InChI=1S/C9H13N3.C2H6/c1-12-6-2-3-8-9(7-12)11-5-4-10-8;1-2/h4-5H,2-3,6-7H2,1H3;1-2H3. The lowest BCUT2D eigenvalue weighted by atomic mass is 10.2. The quantitative estimate of drug-likeness (QED) is 0.630. The van der Waals surface area contributed by atoms with Crippen LogP contribution in [0.1, 0.15) is 31.7 Å². The third-order valence-corrected chi connectivity index (χ3v) is 2.23. The number of aromatic nitrogens is 2. The summed E-state index contributed by atoms with van der Waals surface area (Å²) in [6, 6.07) is 0. The summed E-state index contributed by atoms with van der Waals surface area (Å²) in [7, 11) is 2.13. The molecule has 0 atom stereocenters. The molecule has 3 heteroatoms. The maximum Gasteiger partial charge on any atom is 0.0758 e. The van der Waals surface area contributed by atoms with E-state index in [4.69, 9.17) is 0 Å². The van der Waals surface area contributed by atoms with Crippen molar-refractivity contribution in [3.05, 3.63) is 23.8 Å². The minimum Gasteiger partial charge on any atom is -0.300 e. The zero-order valence-corrected chi connectivity index (χ0v) is 9.32. The van der Waals surface area contributed by atoms with E-state index in [1.807, 2.05) is 13.8 Å². The SMILES string of the molecule is CC.CN1CCCc2nccnc2C1. The van der Waals surface area contributed by atoms with Gasteiger partial charge in [0.25, 0.3) is 0 Å². The van der Waals surface area contributed by atoms with Gasteiger partial charge in [-0.25, -0.2) is 0 Å². The lowest BCUT2D eigenvalue weighted by molar-refractivity contribution is 0.329. The van der Waals surface area contributed by atoms with Crippen LogP contribution >= 0.6 is 0 Å². The van der Waals surface area contributed by atoms with Gasteiger partial charge in [-0.05, 0) is 26.4 Å². The van der Waals surface area contributed by atoms with Crippen molar-refractivity contribution in [3.63, 3.8) is 0 Å². The molecule has 0 saturated carbocycles. The number of hydrogen-bond donors (Lipinski definition) is 0. The summed E-state index contributed by atoms with van der Waals surface area (Å²) < 4.78 is 0. The molecule has 0 unspecified atom stereocenters. The summed E-state index contributed by atoms with van der Waals surface area (Å²) in [5.74, 6) is 0. The second-order valence-corrected chi connectivity index (χ2v) is 3.29. The zero-order chi connectivity index (χ0) is 10.4. The summed E-state index contributed by atoms with van der Waals surface area (Å²) in [6.07, 6.45) is 5.83. The third-order valence-electron chi connectivity index (χ3n) is 2.23. The fraction of sp³-hybridized carbons (Fsp3) is 0.636. The van der Waals surface area contributed by atoms with Crippen molar-refractivity contribution >= 4 is 0 Å². The molecule has 2 heterocycles. The van der Waals surface area contributed by atoms with Crippen molar-refractivity contribution in [2.24, 2.45) is 0 Å². The zero-order valence-electron chi connectivity index (χ0n) is 9.32. The number of nitrogens with zero attached hydrogens (tertiary/aromatic N) is 3. The molecule has 1 aromatic rings. The maximum absolute atomic E-state index is 4.33. The van der Waals surface area contributed by atoms with Gasteiger partial charge in [-0.2, -0.15) is 0 Å². The first kappa shape index (κ1) is 11.1. The molecule has 78 valence electrons. The Hall–Kier alpha value is -0.960. The molecule has 0 aliphatic carbocycles. The summed E-state index contributed by atoms with van der Waals surface area (Å²) in [5, 5.41) is 0. The van der Waals surface area contributed by atoms with E-state index in [1.165, 1.54) is 12.1 Å². The first-order valence-electron chi connectivity index (χ1n) is 5.33. The Kier molecular flexibility index (Phi) is 4.53. The van der Waals surface area contributed by atoms with Gasteiger partial charge in [0.15, 0.2) is 0 Å². The average Bonchev–Trinajstić information content (AvgIpc) is 2.41. The number of fused-ring (bicyclic) bond motifs is 1. The molecule has 2 rings (SSSR count). The number of aryl methyl sites for hydroxylation is 1. The van der Waals surface area contributed by atoms with Crippen LogP contribution in [0.5, 0.6) is 0 Å². The van der Waals surface area contributed by atoms with Crippen molar-refractivity contribution in [1.29, 1.82) is 0 Å². The van der Waals surface area contributed by atoms with Gasteiger partial charge in [0, 0.05) is 18.9 Å². The van der Waals surface area contributed by atoms with Crippen LogP contribution in [0.4, 0.5) is 0 Å². The van der Waals surface area contributed by atoms with Gasteiger partial charge >= 0.3 is 0 Å². The average molecular weight is 193 g/mol. The predicted molar refractivity (Wildman–Crippen MR) is 58.0 cm³/mol. The Balaban J connectivity index is 0.000000461. The fourth-order valence-corrected chi connectivity index (χ4v) is 1.59. The van der Waals surface area contributed by atoms with E-state index in [9.17, 15) is 0 Å². The Morgan fingerprint density at radius 1 is 1.14 bits per heavy atom. The van der Waals surface area contributed by atoms with Crippen LogP contribution in [0.25, 0.3) is 0 Å². The predicted octanol–water partition coefficient (Wildman–Crippen LogP) is 1.88. The largest absolute Gasteiger partial charge is 0.300 e. The molecule has 0 fully saturated rings. The third kappa shape index (κ3) is 2.77. The molecule has 14 heavy (non-hydrogen) atoms. The molecule has 3 nitrogen and oxygen atoms in total. The lowest BCUT2D eigenvalue weighted by Gasteiger charge is -2.11. The van der Waals surface area contributed by atoms with Gasteiger partial charge in [0.2, 0.25) is 0 Å². The van der Waals surface area contributed by atoms with Gasteiger partial charge in [0.05, 0.1) is 11.4 Å². The van der Waals surface area contributed by atoms with Gasteiger partial charge in [-0.3, -0.25) is 9.97 Å². The highest BCUT2D eigenvalue weighted by atomic mass is 15.1. The van der Waals surface area contributed by atoms with Crippen LogP contribution in [-0.4, -0.2) is 28.5 Å². The summed E-state index contributed by atoms with van der Waals surface area (Å²) in [6.45, 7) is 6.10. The summed E-state index contributed by atoms with van der Waals surface area (Å²) in [4.78, 5) is 10.9. The van der Waals surface area contributed by atoms with Crippen molar-refractivity contribution in [3.8, 4) is 0 Å². The normalized spacial score (nSPS) is 16.2. The second kappa shape index (κ2) is 5.70. The van der Waals surface area contributed by atoms with E-state index >= 15 is 0 Å². The van der Waals surface area contributed by atoms with Gasteiger partial charge < -0.3 is 4.90 Å². The second-order valence-electron chi connectivity index (χ2n) is 3.29. The molecule has 0 aromatic carbocycles. The monoisotopic (exact) mass is 193 g/mol. The molecule has 0 bridgehead atoms. The topological polar surface area (TPSA) is 29.0 Å². The number of hydrogen-bond acceptors (Lipinski definition) is 3. The van der Waals surface area contributed by atoms with E-state index in [2.05, 4.69) is 21.9 Å².